The number of esters is 7. The smallest absolute Gasteiger partial charge is 0.333 e. The Bertz CT molecular complexity index is 3240. The Morgan fingerprint density at radius 2 is 1.08 bits per heavy atom. The SMILES string of the molecule is C=C(C)C(=O)OC.C=C(C)C(=O)OC1(C)C2CC3CC1CC(O)(C3)C2.C=C(C)C(=O)OC12CC3CC(CC(O)(C3)C1)C2.C=C(C)C(=O)OC1C2CC3C(=O)OC1C3C2.C=C(C)C(=O)OCC1CO1.C=C(C)C(=O)OCc1c2ccccc2cc2ccccc12. The molecule has 17 nitrogen and oxygen atoms in total. The van der Waals surface area contributed by atoms with Crippen LogP contribution in [0.15, 0.2) is 128 Å². The van der Waals surface area contributed by atoms with E-state index >= 15 is 0 Å². The highest BCUT2D eigenvalue weighted by atomic mass is 16.6. The van der Waals surface area contributed by atoms with Crippen molar-refractivity contribution in [3.8, 4) is 0 Å². The molecule has 12 aliphatic rings. The fraction of sp³-hybridized carbons (Fsp3) is 0.542. The first kappa shape index (κ1) is 67.7. The topological polar surface area (TPSA) is 237 Å². The summed E-state index contributed by atoms with van der Waals surface area (Å²) in [7, 11) is 1.33. The van der Waals surface area contributed by atoms with Gasteiger partial charge in [-0.3, -0.25) is 4.79 Å². The molecule has 10 bridgehead atoms. The van der Waals surface area contributed by atoms with Crippen molar-refractivity contribution in [2.45, 2.75) is 179 Å². The minimum absolute atomic E-state index is 0.0646. The molecule has 10 unspecified atom stereocenters. The molecule has 2 heterocycles. The lowest BCUT2D eigenvalue weighted by Crippen LogP contribution is -2.63. The third-order valence-electron chi connectivity index (χ3n) is 19.3. The predicted molar refractivity (Wildman–Crippen MR) is 334 cm³/mol. The lowest BCUT2D eigenvalue weighted by Gasteiger charge is -2.61. The van der Waals surface area contributed by atoms with Crippen LogP contribution in [0.4, 0.5) is 0 Å². The molecule has 10 saturated carbocycles. The highest BCUT2D eigenvalue weighted by molar-refractivity contribution is 6.02. The summed E-state index contributed by atoms with van der Waals surface area (Å²) in [6.07, 6.45) is 11.7. The van der Waals surface area contributed by atoms with E-state index in [1.807, 2.05) is 24.3 Å². The standard InChI is InChI=1S/C19H16O2.C15H22O3.C14H20O3.C12H14O4.C7H10O3.C5H8O2/c1-13(2)19(20)21-12-18-16-9-5-3-7-14(16)11-15-8-4-6-10-17(15)18;1-9(2)13(16)18-14(3)11-4-10-5-12(14)8-15(17,6-10)7-11;1-9(2)12(15)17-14-6-10-3-11(7-14)5-13(16,4-10)8-14;1-5(2)11(13)15-9-6-3-7-8(4-6)12(14)16-10(7)9;1-5(2)7(8)10-4-6-3-9-6;1-4(2)5(6)7-3/h3-11H,1,12H2,2H3;10-12,17H,1,4-8H2,2-3H3;10-11,16H,1,3-8H2,2H3;6-10H,1,3-4H2,2H3;6H,1,3-4H2,2H3;1H2,2-3H3. The van der Waals surface area contributed by atoms with E-state index in [1.54, 1.807) is 41.5 Å². The van der Waals surface area contributed by atoms with Crippen molar-refractivity contribution in [3.05, 3.63) is 133 Å². The van der Waals surface area contributed by atoms with Gasteiger partial charge < -0.3 is 48.1 Å². The minimum Gasteiger partial charge on any atom is -0.466 e. The number of hydrogen-bond donors (Lipinski definition) is 2. The van der Waals surface area contributed by atoms with Crippen molar-refractivity contribution < 1.29 is 81.7 Å². The quantitative estimate of drug-likeness (QED) is 0.0532. The van der Waals surface area contributed by atoms with Crippen molar-refractivity contribution in [1.82, 2.24) is 0 Å². The molecule has 2 N–H and O–H groups in total. The predicted octanol–water partition coefficient (Wildman–Crippen LogP) is 11.5. The van der Waals surface area contributed by atoms with Crippen molar-refractivity contribution in [2.75, 3.05) is 20.3 Å². The molecule has 3 aromatic carbocycles. The Labute approximate surface area is 522 Å². The summed E-state index contributed by atoms with van der Waals surface area (Å²) in [5.74, 6) is 0.889. The molecule has 480 valence electrons. The van der Waals surface area contributed by atoms with Crippen molar-refractivity contribution in [3.63, 3.8) is 0 Å². The summed E-state index contributed by atoms with van der Waals surface area (Å²) in [5.41, 5.74) is 1.79. The second kappa shape index (κ2) is 27.5. The van der Waals surface area contributed by atoms with Crippen LogP contribution in [0.2, 0.25) is 0 Å². The lowest BCUT2D eigenvalue weighted by molar-refractivity contribution is -0.233. The third-order valence-corrected chi connectivity index (χ3v) is 19.3. The van der Waals surface area contributed by atoms with Gasteiger partial charge in [0.1, 0.15) is 42.7 Å². The van der Waals surface area contributed by atoms with Crippen LogP contribution in [0, 0.1) is 47.3 Å². The second-order valence-corrected chi connectivity index (χ2v) is 27.3. The van der Waals surface area contributed by atoms with Gasteiger partial charge in [-0.05, 0) is 171 Å². The van der Waals surface area contributed by atoms with E-state index in [2.05, 4.69) is 81.5 Å². The molecule has 10 aliphatic carbocycles. The molecule has 3 aromatic rings. The van der Waals surface area contributed by atoms with Gasteiger partial charge in [-0.25, -0.2) is 28.8 Å². The maximum absolute atomic E-state index is 11.8. The first-order valence-electron chi connectivity index (χ1n) is 31.0. The molecular formula is C72H90O17. The van der Waals surface area contributed by atoms with E-state index in [9.17, 15) is 43.8 Å². The Morgan fingerprint density at radius 1 is 0.584 bits per heavy atom. The molecular weight excluding hydrogens is 1140 g/mol. The molecule has 12 fully saturated rings. The molecule has 10 atom stereocenters. The summed E-state index contributed by atoms with van der Waals surface area (Å²) < 4.78 is 41.3. The van der Waals surface area contributed by atoms with Gasteiger partial charge in [0, 0.05) is 69.1 Å². The zero-order valence-corrected chi connectivity index (χ0v) is 53.1. The molecule has 17 heteroatoms. The molecule has 0 amide bonds. The number of carbonyl (C=O) groups excluding carboxylic acids is 7. The van der Waals surface area contributed by atoms with Gasteiger partial charge in [-0.2, -0.15) is 0 Å². The number of carbonyl (C=O) groups is 7. The second-order valence-electron chi connectivity index (χ2n) is 27.3. The summed E-state index contributed by atoms with van der Waals surface area (Å²) in [6.45, 7) is 34.5. The zero-order chi connectivity index (χ0) is 65.1. The molecule has 2 saturated heterocycles. The Morgan fingerprint density at radius 3 is 1.55 bits per heavy atom. The highest BCUT2D eigenvalue weighted by Crippen LogP contribution is 2.62. The van der Waals surface area contributed by atoms with Crippen LogP contribution < -0.4 is 0 Å². The van der Waals surface area contributed by atoms with Crippen LogP contribution in [0.25, 0.3) is 21.5 Å². The van der Waals surface area contributed by atoms with Crippen LogP contribution >= 0.6 is 0 Å². The van der Waals surface area contributed by atoms with E-state index in [0.29, 0.717) is 88.6 Å². The van der Waals surface area contributed by atoms with Crippen molar-refractivity contribution >= 4 is 63.3 Å². The highest BCUT2D eigenvalue weighted by Gasteiger charge is 2.64. The number of aliphatic hydroxyl groups is 2. The van der Waals surface area contributed by atoms with Crippen LogP contribution in [-0.4, -0.2) is 113 Å². The first-order chi connectivity index (χ1) is 41.8. The number of ether oxygens (including phenoxy) is 8. The number of methoxy groups -OCH3 is 1. The van der Waals surface area contributed by atoms with Gasteiger partial charge in [0.25, 0.3) is 0 Å². The van der Waals surface area contributed by atoms with Crippen LogP contribution in [0.1, 0.15) is 138 Å². The van der Waals surface area contributed by atoms with E-state index in [-0.39, 0.29) is 84.1 Å². The van der Waals surface area contributed by atoms with Gasteiger partial charge in [0.15, 0.2) is 0 Å². The average molecular weight is 1230 g/mol. The Hall–Kier alpha value is -7.21. The monoisotopic (exact) mass is 1230 g/mol. The maximum atomic E-state index is 11.8. The van der Waals surface area contributed by atoms with Crippen LogP contribution in [0.5, 0.6) is 0 Å². The molecule has 15 rings (SSSR count). The van der Waals surface area contributed by atoms with Gasteiger partial charge >= 0.3 is 41.8 Å². The van der Waals surface area contributed by atoms with Crippen molar-refractivity contribution in [2.24, 2.45) is 47.3 Å². The number of epoxide rings is 1. The van der Waals surface area contributed by atoms with E-state index in [4.69, 9.17) is 33.2 Å². The van der Waals surface area contributed by atoms with E-state index in [0.717, 1.165) is 97.7 Å². The first-order valence-corrected chi connectivity index (χ1v) is 31.0. The Kier molecular flexibility index (Phi) is 20.9. The lowest BCUT2D eigenvalue weighted by atomic mass is 9.48. The van der Waals surface area contributed by atoms with E-state index in [1.165, 1.54) is 13.5 Å². The normalized spacial score (nSPS) is 32.3. The largest absolute Gasteiger partial charge is 0.466 e. The maximum Gasteiger partial charge on any atom is 0.333 e. The summed E-state index contributed by atoms with van der Waals surface area (Å²) in [6, 6.07) is 18.5. The summed E-state index contributed by atoms with van der Waals surface area (Å²) in [4.78, 5) is 79.1. The number of benzene rings is 3. The van der Waals surface area contributed by atoms with Crippen LogP contribution in [0.3, 0.4) is 0 Å². The number of hydrogen-bond acceptors (Lipinski definition) is 17. The number of fused-ring (bicyclic) bond motifs is 3. The average Bonchev–Trinajstić information content (AvgIpc) is 1.57. The molecule has 0 aromatic heterocycles. The molecule has 2 aliphatic heterocycles. The van der Waals surface area contributed by atoms with Gasteiger partial charge in [0.05, 0.1) is 30.8 Å². The van der Waals surface area contributed by atoms with Gasteiger partial charge in [-0.15, -0.1) is 0 Å². The molecule has 89 heavy (non-hydrogen) atoms. The van der Waals surface area contributed by atoms with Crippen molar-refractivity contribution in [1.29, 1.82) is 0 Å². The van der Waals surface area contributed by atoms with Crippen LogP contribution in [-0.2, 0) is 78.1 Å². The zero-order valence-electron chi connectivity index (χ0n) is 53.1. The summed E-state index contributed by atoms with van der Waals surface area (Å²) >= 11 is 0. The summed E-state index contributed by atoms with van der Waals surface area (Å²) in [5, 5.41) is 25.6. The van der Waals surface area contributed by atoms with E-state index < -0.39 is 16.8 Å². The molecule has 0 radical (unpaired) electrons. The van der Waals surface area contributed by atoms with Gasteiger partial charge in [-0.1, -0.05) is 88.0 Å². The third kappa shape index (κ3) is 16.0. The fourth-order valence-corrected chi connectivity index (χ4v) is 15.6. The Balaban J connectivity index is 0.000000142. The van der Waals surface area contributed by atoms with Gasteiger partial charge in [0.2, 0.25) is 0 Å². The fourth-order valence-electron chi connectivity index (χ4n) is 15.6. The number of rotatable bonds is 13. The molecule has 0 spiro atoms. The minimum atomic E-state index is -0.570.